The molecule has 0 aliphatic heterocycles. The molecule has 1 aromatic heterocycles. The fourth-order valence-electron chi connectivity index (χ4n) is 3.59. The van der Waals surface area contributed by atoms with Crippen LogP contribution in [0.1, 0.15) is 49.2 Å². The number of aromatic nitrogens is 2. The number of fused-ring (bicyclic) bond motifs is 1. The number of halogens is 1. The van der Waals surface area contributed by atoms with E-state index in [-0.39, 0.29) is 18.6 Å². The first-order chi connectivity index (χ1) is 15.4. The van der Waals surface area contributed by atoms with Gasteiger partial charge in [0.1, 0.15) is 0 Å². The molecule has 3 rings (SSSR count). The van der Waals surface area contributed by atoms with Crippen molar-refractivity contribution >= 4 is 28.5 Å². The second-order valence-electron chi connectivity index (χ2n) is 8.20. The van der Waals surface area contributed by atoms with Gasteiger partial charge in [0.05, 0.1) is 17.7 Å². The molecule has 0 radical (unpaired) electrons. The molecule has 2 aromatic carbocycles. The predicted octanol–water partition coefficient (Wildman–Crippen LogP) is 4.59. The summed E-state index contributed by atoms with van der Waals surface area (Å²) in [6.45, 7) is 4.12. The Labute approximate surface area is 187 Å². The summed E-state index contributed by atoms with van der Waals surface area (Å²) >= 11 is 0. The standard InChI is InChI=1S/C24H30FN5O2/c1-24(2,17-10-9-11-18(16-17)27-23(32)26-3)28-22(31)21-19-12-5-6-13-20(19)30(29-21)15-8-4-7-14-25/h5-6,9-13,16H,4,7-8,14-15H2,1-3H3,(H,28,31)(H2,26,27,32). The molecule has 0 saturated carbocycles. The van der Waals surface area contributed by atoms with Crippen LogP contribution >= 0.6 is 0 Å². The molecule has 3 amide bonds. The summed E-state index contributed by atoms with van der Waals surface area (Å²) in [5.41, 5.74) is 2.01. The number of para-hydroxylation sites is 1. The van der Waals surface area contributed by atoms with Crippen molar-refractivity contribution in [1.29, 1.82) is 0 Å². The van der Waals surface area contributed by atoms with E-state index in [0.717, 1.165) is 29.3 Å². The van der Waals surface area contributed by atoms with Crippen LogP contribution in [0.5, 0.6) is 0 Å². The van der Waals surface area contributed by atoms with Crippen molar-refractivity contribution < 1.29 is 14.0 Å². The maximum Gasteiger partial charge on any atom is 0.318 e. The monoisotopic (exact) mass is 439 g/mol. The Morgan fingerprint density at radius 1 is 1.06 bits per heavy atom. The number of rotatable bonds is 9. The minimum absolute atomic E-state index is 0.279. The number of hydrogen-bond donors (Lipinski definition) is 3. The lowest BCUT2D eigenvalue weighted by atomic mass is 9.93. The molecular formula is C24H30FN5O2. The van der Waals surface area contributed by atoms with E-state index in [1.807, 2.05) is 61.0 Å². The van der Waals surface area contributed by atoms with Crippen molar-refractivity contribution in [2.45, 2.75) is 45.2 Å². The number of nitrogens with zero attached hydrogens (tertiary/aromatic N) is 2. The molecule has 8 heteroatoms. The highest BCUT2D eigenvalue weighted by atomic mass is 19.1. The molecule has 0 fully saturated rings. The van der Waals surface area contributed by atoms with E-state index >= 15 is 0 Å². The second kappa shape index (κ2) is 10.3. The third-order valence-electron chi connectivity index (χ3n) is 5.37. The third-order valence-corrected chi connectivity index (χ3v) is 5.37. The molecule has 0 atom stereocenters. The first-order valence-electron chi connectivity index (χ1n) is 10.8. The third kappa shape index (κ3) is 5.43. The molecule has 0 aliphatic rings. The quantitative estimate of drug-likeness (QED) is 0.426. The van der Waals surface area contributed by atoms with E-state index < -0.39 is 5.54 Å². The summed E-state index contributed by atoms with van der Waals surface area (Å²) in [5.74, 6) is -0.279. The van der Waals surface area contributed by atoms with Crippen LogP contribution in [-0.2, 0) is 12.1 Å². The molecule has 32 heavy (non-hydrogen) atoms. The largest absolute Gasteiger partial charge is 0.342 e. The van der Waals surface area contributed by atoms with Crippen molar-refractivity contribution in [3.63, 3.8) is 0 Å². The fourth-order valence-corrected chi connectivity index (χ4v) is 3.59. The van der Waals surface area contributed by atoms with Crippen LogP contribution < -0.4 is 16.0 Å². The van der Waals surface area contributed by atoms with Gasteiger partial charge in [0, 0.05) is 24.7 Å². The van der Waals surface area contributed by atoms with Gasteiger partial charge in [-0.1, -0.05) is 30.3 Å². The number of carbonyl (C=O) groups is 2. The van der Waals surface area contributed by atoms with E-state index in [0.29, 0.717) is 24.3 Å². The van der Waals surface area contributed by atoms with Crippen LogP contribution in [0.4, 0.5) is 14.9 Å². The van der Waals surface area contributed by atoms with E-state index in [2.05, 4.69) is 21.0 Å². The SMILES string of the molecule is CNC(=O)Nc1cccc(C(C)(C)NC(=O)c2nn(CCCCCF)c3ccccc23)c1. The van der Waals surface area contributed by atoms with Gasteiger partial charge in [0.2, 0.25) is 0 Å². The van der Waals surface area contributed by atoms with Crippen molar-refractivity contribution in [1.82, 2.24) is 20.4 Å². The Morgan fingerprint density at radius 3 is 2.59 bits per heavy atom. The molecule has 0 saturated heterocycles. The van der Waals surface area contributed by atoms with Gasteiger partial charge in [0.25, 0.3) is 5.91 Å². The number of amides is 3. The van der Waals surface area contributed by atoms with Gasteiger partial charge in [-0.3, -0.25) is 13.9 Å². The van der Waals surface area contributed by atoms with E-state index in [1.54, 1.807) is 13.1 Å². The van der Waals surface area contributed by atoms with Gasteiger partial charge in [-0.15, -0.1) is 0 Å². The minimum atomic E-state index is -0.705. The summed E-state index contributed by atoms with van der Waals surface area (Å²) < 4.78 is 14.2. The smallest absolute Gasteiger partial charge is 0.318 e. The second-order valence-corrected chi connectivity index (χ2v) is 8.20. The van der Waals surface area contributed by atoms with Crippen molar-refractivity contribution in [3.8, 4) is 0 Å². The van der Waals surface area contributed by atoms with Gasteiger partial charge in [0.15, 0.2) is 5.69 Å². The van der Waals surface area contributed by atoms with E-state index in [1.165, 1.54) is 0 Å². The van der Waals surface area contributed by atoms with Gasteiger partial charge >= 0.3 is 6.03 Å². The molecule has 1 heterocycles. The Balaban J connectivity index is 1.82. The number of carbonyl (C=O) groups excluding carboxylic acids is 2. The molecular weight excluding hydrogens is 409 g/mol. The van der Waals surface area contributed by atoms with Gasteiger partial charge in [-0.05, 0) is 56.9 Å². The fraction of sp³-hybridized carbons (Fsp3) is 0.375. The number of anilines is 1. The summed E-state index contributed by atoms with van der Waals surface area (Å²) in [5, 5.41) is 13.7. The van der Waals surface area contributed by atoms with Gasteiger partial charge < -0.3 is 16.0 Å². The predicted molar refractivity (Wildman–Crippen MR) is 125 cm³/mol. The highest BCUT2D eigenvalue weighted by Crippen LogP contribution is 2.25. The zero-order valence-electron chi connectivity index (χ0n) is 18.7. The number of aryl methyl sites for hydroxylation is 1. The van der Waals surface area contributed by atoms with Crippen LogP contribution in [-0.4, -0.2) is 35.4 Å². The summed E-state index contributed by atoms with van der Waals surface area (Å²) in [7, 11) is 1.55. The number of urea groups is 1. The lowest BCUT2D eigenvalue weighted by molar-refractivity contribution is 0.0907. The van der Waals surface area contributed by atoms with Crippen molar-refractivity contribution in [2.75, 3.05) is 19.0 Å². The number of alkyl halides is 1. The molecule has 170 valence electrons. The molecule has 3 N–H and O–H groups in total. The average molecular weight is 440 g/mol. The molecule has 0 spiro atoms. The highest BCUT2D eigenvalue weighted by molar-refractivity contribution is 6.05. The van der Waals surface area contributed by atoms with Crippen LogP contribution in [0, 0.1) is 0 Å². The molecule has 0 unspecified atom stereocenters. The van der Waals surface area contributed by atoms with Gasteiger partial charge in [-0.25, -0.2) is 4.79 Å². The maximum absolute atomic E-state index is 13.2. The zero-order chi connectivity index (χ0) is 23.1. The van der Waals surface area contributed by atoms with E-state index in [4.69, 9.17) is 0 Å². The number of unbranched alkanes of at least 4 members (excludes halogenated alkanes) is 2. The summed E-state index contributed by atoms with van der Waals surface area (Å²) in [6, 6.07) is 14.7. The first kappa shape index (κ1) is 23.2. The number of benzene rings is 2. The van der Waals surface area contributed by atoms with Crippen molar-refractivity contribution in [3.05, 3.63) is 59.8 Å². The summed E-state index contributed by atoms with van der Waals surface area (Å²) in [6.07, 6.45) is 2.11. The lowest BCUT2D eigenvalue weighted by Gasteiger charge is -2.27. The number of hydrogen-bond acceptors (Lipinski definition) is 3. The molecule has 3 aromatic rings. The van der Waals surface area contributed by atoms with Gasteiger partial charge in [-0.2, -0.15) is 5.10 Å². The Kier molecular flexibility index (Phi) is 7.45. The zero-order valence-corrected chi connectivity index (χ0v) is 18.7. The molecule has 7 nitrogen and oxygen atoms in total. The molecule has 0 bridgehead atoms. The normalized spacial score (nSPS) is 11.4. The van der Waals surface area contributed by atoms with Crippen molar-refractivity contribution in [2.24, 2.45) is 0 Å². The first-order valence-corrected chi connectivity index (χ1v) is 10.8. The van der Waals surface area contributed by atoms with Crippen LogP contribution in [0.2, 0.25) is 0 Å². The average Bonchev–Trinajstić information content (AvgIpc) is 3.15. The van der Waals surface area contributed by atoms with Crippen LogP contribution in [0.3, 0.4) is 0 Å². The van der Waals surface area contributed by atoms with Crippen LogP contribution in [0.15, 0.2) is 48.5 Å². The van der Waals surface area contributed by atoms with E-state index in [9.17, 15) is 14.0 Å². The lowest BCUT2D eigenvalue weighted by Crippen LogP contribution is -2.41. The highest BCUT2D eigenvalue weighted by Gasteiger charge is 2.26. The Bertz CT molecular complexity index is 1090. The topological polar surface area (TPSA) is 88.1 Å². The number of nitrogens with one attached hydrogen (secondary N) is 3. The Morgan fingerprint density at radius 2 is 1.84 bits per heavy atom. The Hall–Kier alpha value is -3.42. The minimum Gasteiger partial charge on any atom is -0.342 e. The summed E-state index contributed by atoms with van der Waals surface area (Å²) in [4.78, 5) is 24.9. The molecule has 0 aliphatic carbocycles. The van der Waals surface area contributed by atoms with Crippen LogP contribution in [0.25, 0.3) is 10.9 Å². The maximum atomic E-state index is 13.2.